The van der Waals surface area contributed by atoms with Crippen LogP contribution in [-0.2, 0) is 0 Å². The van der Waals surface area contributed by atoms with E-state index in [-0.39, 0.29) is 5.82 Å². The molecule has 2 heteroatoms. The lowest BCUT2D eigenvalue weighted by atomic mass is 10.0. The molecular formula is C13H12FN. The summed E-state index contributed by atoms with van der Waals surface area (Å²) in [6.07, 6.45) is 1.67. The molecule has 0 bridgehead atoms. The van der Waals surface area contributed by atoms with E-state index in [4.69, 9.17) is 0 Å². The molecule has 0 fully saturated rings. The van der Waals surface area contributed by atoms with E-state index in [0.717, 1.165) is 11.1 Å². The summed E-state index contributed by atoms with van der Waals surface area (Å²) in [4.78, 5) is 4.16. The molecule has 1 aromatic heterocycles. The van der Waals surface area contributed by atoms with Gasteiger partial charge >= 0.3 is 0 Å². The summed E-state index contributed by atoms with van der Waals surface area (Å²) >= 11 is 0. The normalized spacial score (nSPS) is 10.3. The van der Waals surface area contributed by atoms with E-state index >= 15 is 0 Å². The van der Waals surface area contributed by atoms with Gasteiger partial charge in [0.25, 0.3) is 0 Å². The van der Waals surface area contributed by atoms with Crippen LogP contribution in [0.2, 0.25) is 0 Å². The third-order valence-corrected chi connectivity index (χ3v) is 2.35. The SMILES string of the molecule is Cc1cc(C)c(-c2ccccn2)c(F)c1. The molecule has 0 amide bonds. The molecule has 0 atom stereocenters. The zero-order chi connectivity index (χ0) is 10.8. The number of nitrogens with zero attached hydrogens (tertiary/aromatic N) is 1. The van der Waals surface area contributed by atoms with Crippen LogP contribution in [-0.4, -0.2) is 4.98 Å². The average Bonchev–Trinajstić information content (AvgIpc) is 2.17. The summed E-state index contributed by atoms with van der Waals surface area (Å²) in [5.41, 5.74) is 3.14. The van der Waals surface area contributed by atoms with Gasteiger partial charge in [-0.2, -0.15) is 0 Å². The van der Waals surface area contributed by atoms with Gasteiger partial charge in [0, 0.05) is 11.8 Å². The Hall–Kier alpha value is -1.70. The van der Waals surface area contributed by atoms with Crippen LogP contribution in [0, 0.1) is 19.7 Å². The van der Waals surface area contributed by atoms with Crippen molar-refractivity contribution in [1.82, 2.24) is 4.98 Å². The Morgan fingerprint density at radius 3 is 2.53 bits per heavy atom. The summed E-state index contributed by atoms with van der Waals surface area (Å²) in [7, 11) is 0. The van der Waals surface area contributed by atoms with Crippen molar-refractivity contribution in [3.05, 3.63) is 53.5 Å². The maximum Gasteiger partial charge on any atom is 0.133 e. The Bertz CT molecular complexity index is 454. The summed E-state index contributed by atoms with van der Waals surface area (Å²) < 4.78 is 13.8. The maximum absolute atomic E-state index is 13.8. The molecule has 0 unspecified atom stereocenters. The zero-order valence-corrected chi connectivity index (χ0v) is 8.79. The molecule has 2 rings (SSSR count). The number of aryl methyl sites for hydroxylation is 2. The molecular weight excluding hydrogens is 189 g/mol. The van der Waals surface area contributed by atoms with Crippen molar-refractivity contribution in [1.29, 1.82) is 0 Å². The highest BCUT2D eigenvalue weighted by atomic mass is 19.1. The summed E-state index contributed by atoms with van der Waals surface area (Å²) in [5.74, 6) is -0.203. The summed E-state index contributed by atoms with van der Waals surface area (Å²) in [5, 5.41) is 0. The zero-order valence-electron chi connectivity index (χ0n) is 8.79. The first-order valence-electron chi connectivity index (χ1n) is 4.86. The number of pyridine rings is 1. The fourth-order valence-electron chi connectivity index (χ4n) is 1.75. The third-order valence-electron chi connectivity index (χ3n) is 2.35. The summed E-state index contributed by atoms with van der Waals surface area (Å²) in [6, 6.07) is 9.01. The first-order chi connectivity index (χ1) is 7.18. The number of rotatable bonds is 1. The Morgan fingerprint density at radius 2 is 1.93 bits per heavy atom. The highest BCUT2D eigenvalue weighted by Crippen LogP contribution is 2.25. The molecule has 0 saturated heterocycles. The third kappa shape index (κ3) is 1.89. The Kier molecular flexibility index (Phi) is 2.50. The Balaban J connectivity index is 2.64. The van der Waals surface area contributed by atoms with Gasteiger partial charge in [-0.15, -0.1) is 0 Å². The van der Waals surface area contributed by atoms with Crippen LogP contribution in [0.5, 0.6) is 0 Å². The van der Waals surface area contributed by atoms with E-state index in [2.05, 4.69) is 4.98 Å². The van der Waals surface area contributed by atoms with Gasteiger partial charge in [-0.25, -0.2) is 4.39 Å². The number of hydrogen-bond acceptors (Lipinski definition) is 1. The molecule has 0 saturated carbocycles. The predicted molar refractivity (Wildman–Crippen MR) is 59.1 cm³/mol. The topological polar surface area (TPSA) is 12.9 Å². The second-order valence-corrected chi connectivity index (χ2v) is 3.65. The maximum atomic E-state index is 13.8. The lowest BCUT2D eigenvalue weighted by molar-refractivity contribution is 0.628. The fraction of sp³-hybridized carbons (Fsp3) is 0.154. The molecule has 15 heavy (non-hydrogen) atoms. The van der Waals surface area contributed by atoms with Crippen molar-refractivity contribution in [2.24, 2.45) is 0 Å². The molecule has 0 aliphatic carbocycles. The Morgan fingerprint density at radius 1 is 1.13 bits per heavy atom. The van der Waals surface area contributed by atoms with E-state index in [0.29, 0.717) is 11.3 Å². The molecule has 0 aliphatic heterocycles. The highest BCUT2D eigenvalue weighted by Gasteiger charge is 2.09. The van der Waals surface area contributed by atoms with Gasteiger partial charge in [-0.1, -0.05) is 12.1 Å². The van der Waals surface area contributed by atoms with Crippen LogP contribution in [0.1, 0.15) is 11.1 Å². The van der Waals surface area contributed by atoms with Crippen LogP contribution < -0.4 is 0 Å². The number of halogens is 1. The first-order valence-corrected chi connectivity index (χ1v) is 4.86. The van der Waals surface area contributed by atoms with E-state index in [1.54, 1.807) is 6.20 Å². The lowest BCUT2D eigenvalue weighted by Gasteiger charge is -2.07. The van der Waals surface area contributed by atoms with Gasteiger partial charge in [0.15, 0.2) is 0 Å². The molecule has 1 heterocycles. The van der Waals surface area contributed by atoms with Gasteiger partial charge in [0.1, 0.15) is 5.82 Å². The van der Waals surface area contributed by atoms with Gasteiger partial charge < -0.3 is 0 Å². The van der Waals surface area contributed by atoms with Crippen molar-refractivity contribution in [2.45, 2.75) is 13.8 Å². The minimum atomic E-state index is -0.203. The molecule has 0 N–H and O–H groups in total. The Labute approximate surface area is 88.6 Å². The minimum absolute atomic E-state index is 0.203. The summed E-state index contributed by atoms with van der Waals surface area (Å²) in [6.45, 7) is 3.79. The van der Waals surface area contributed by atoms with Gasteiger partial charge in [-0.3, -0.25) is 4.98 Å². The quantitative estimate of drug-likeness (QED) is 0.688. The van der Waals surface area contributed by atoms with E-state index in [1.807, 2.05) is 38.1 Å². The van der Waals surface area contributed by atoms with E-state index in [9.17, 15) is 4.39 Å². The fourth-order valence-corrected chi connectivity index (χ4v) is 1.75. The van der Waals surface area contributed by atoms with Crippen LogP contribution >= 0.6 is 0 Å². The molecule has 1 nitrogen and oxygen atoms in total. The number of aromatic nitrogens is 1. The van der Waals surface area contributed by atoms with Crippen molar-refractivity contribution < 1.29 is 4.39 Å². The standard InChI is InChI=1S/C13H12FN/c1-9-7-10(2)13(11(14)8-9)12-5-3-4-6-15-12/h3-8H,1-2H3. The minimum Gasteiger partial charge on any atom is -0.256 e. The second-order valence-electron chi connectivity index (χ2n) is 3.65. The molecule has 1 aromatic carbocycles. The largest absolute Gasteiger partial charge is 0.256 e. The molecule has 76 valence electrons. The molecule has 0 spiro atoms. The smallest absolute Gasteiger partial charge is 0.133 e. The second kappa shape index (κ2) is 3.81. The van der Waals surface area contributed by atoms with Crippen molar-refractivity contribution in [3.8, 4) is 11.3 Å². The number of benzene rings is 1. The van der Waals surface area contributed by atoms with E-state index in [1.165, 1.54) is 6.07 Å². The van der Waals surface area contributed by atoms with Crippen LogP contribution in [0.3, 0.4) is 0 Å². The first kappa shape index (κ1) is 9.84. The van der Waals surface area contributed by atoms with Gasteiger partial charge in [0.2, 0.25) is 0 Å². The van der Waals surface area contributed by atoms with Gasteiger partial charge in [-0.05, 0) is 43.2 Å². The van der Waals surface area contributed by atoms with Crippen molar-refractivity contribution in [3.63, 3.8) is 0 Å². The van der Waals surface area contributed by atoms with E-state index < -0.39 is 0 Å². The van der Waals surface area contributed by atoms with Crippen molar-refractivity contribution >= 4 is 0 Å². The van der Waals surface area contributed by atoms with Crippen LogP contribution in [0.15, 0.2) is 36.5 Å². The predicted octanol–water partition coefficient (Wildman–Crippen LogP) is 3.50. The molecule has 2 aromatic rings. The highest BCUT2D eigenvalue weighted by molar-refractivity contribution is 5.64. The van der Waals surface area contributed by atoms with Crippen LogP contribution in [0.4, 0.5) is 4.39 Å². The monoisotopic (exact) mass is 201 g/mol. The molecule has 0 aliphatic rings. The molecule has 0 radical (unpaired) electrons. The number of hydrogen-bond donors (Lipinski definition) is 0. The average molecular weight is 201 g/mol. The van der Waals surface area contributed by atoms with Gasteiger partial charge in [0.05, 0.1) is 5.69 Å². The van der Waals surface area contributed by atoms with Crippen molar-refractivity contribution in [2.75, 3.05) is 0 Å². The van der Waals surface area contributed by atoms with Crippen LogP contribution in [0.25, 0.3) is 11.3 Å². The lowest BCUT2D eigenvalue weighted by Crippen LogP contribution is -1.92.